The zero-order valence-electron chi connectivity index (χ0n) is 20.8. The van der Waals surface area contributed by atoms with Gasteiger partial charge in [-0.05, 0) is 26.3 Å². The number of nitrogens with zero attached hydrogens (tertiary/aromatic N) is 6. The van der Waals surface area contributed by atoms with Gasteiger partial charge in [0.05, 0.1) is 24.8 Å². The number of carboxylic acid groups (broad SMARTS) is 1. The summed E-state index contributed by atoms with van der Waals surface area (Å²) < 4.78 is 26.5. The molecule has 0 spiro atoms. The molecule has 3 amide bonds. The lowest BCUT2D eigenvalue weighted by atomic mass is 9.96. The number of hydrazine groups is 1. The first kappa shape index (κ1) is 25.9. The van der Waals surface area contributed by atoms with Crippen molar-refractivity contribution < 1.29 is 28.0 Å². The second-order valence-electron chi connectivity index (χ2n) is 9.95. The van der Waals surface area contributed by atoms with E-state index in [0.717, 1.165) is 9.65 Å². The van der Waals surface area contributed by atoms with Crippen molar-refractivity contribution in [3.05, 3.63) is 53.3 Å². The van der Waals surface area contributed by atoms with Gasteiger partial charge in [-0.15, -0.1) is 4.83 Å². The lowest BCUT2D eigenvalue weighted by molar-refractivity contribution is -0.141. The van der Waals surface area contributed by atoms with Gasteiger partial charge in [0, 0.05) is 31.4 Å². The average molecular weight is 522 g/mol. The van der Waals surface area contributed by atoms with Crippen LogP contribution in [0.4, 0.5) is 9.59 Å². The third-order valence-electron chi connectivity index (χ3n) is 6.04. The zero-order chi connectivity index (χ0) is 26.4. The highest BCUT2D eigenvalue weighted by molar-refractivity contribution is 7.87. The van der Waals surface area contributed by atoms with Gasteiger partial charge >= 0.3 is 22.3 Å². The van der Waals surface area contributed by atoms with Crippen LogP contribution in [0.1, 0.15) is 49.7 Å². The molecule has 1 saturated heterocycles. The number of benzene rings is 1. The second-order valence-corrected chi connectivity index (χ2v) is 11.5. The van der Waals surface area contributed by atoms with E-state index >= 15 is 0 Å². The summed E-state index contributed by atoms with van der Waals surface area (Å²) in [5, 5.41) is 16.7. The Morgan fingerprint density at radius 2 is 1.92 bits per heavy atom. The van der Waals surface area contributed by atoms with E-state index in [2.05, 4.69) is 9.93 Å². The van der Waals surface area contributed by atoms with Crippen molar-refractivity contribution in [1.29, 1.82) is 0 Å². The number of hydrogen-bond acceptors (Lipinski definition) is 7. The Balaban J connectivity index is 1.73. The van der Waals surface area contributed by atoms with Crippen molar-refractivity contribution in [2.24, 2.45) is 0 Å². The fourth-order valence-electron chi connectivity index (χ4n) is 4.38. The van der Waals surface area contributed by atoms with E-state index in [4.69, 9.17) is 4.84 Å². The molecule has 13 nitrogen and oxygen atoms in total. The Hall–Kier alpha value is -3.20. The van der Waals surface area contributed by atoms with Crippen LogP contribution >= 0.6 is 0 Å². The zero-order valence-corrected chi connectivity index (χ0v) is 21.6. The number of rotatable bonds is 8. The van der Waals surface area contributed by atoms with Gasteiger partial charge in [0.1, 0.15) is 12.6 Å². The second kappa shape index (κ2) is 9.35. The summed E-state index contributed by atoms with van der Waals surface area (Å²) in [7, 11) is -1.00. The topological polar surface area (TPSA) is 141 Å². The summed E-state index contributed by atoms with van der Waals surface area (Å²) in [5.74, 6) is 0. The van der Waals surface area contributed by atoms with Crippen LogP contribution < -0.4 is 4.83 Å². The summed E-state index contributed by atoms with van der Waals surface area (Å²) in [6, 6.07) is 7.49. The van der Waals surface area contributed by atoms with Crippen molar-refractivity contribution in [2.45, 2.75) is 45.0 Å². The number of amides is 3. The number of aromatic nitrogens is 2. The van der Waals surface area contributed by atoms with Gasteiger partial charge in [-0.3, -0.25) is 4.84 Å². The molecule has 1 aromatic carbocycles. The monoisotopic (exact) mass is 521 g/mol. The van der Waals surface area contributed by atoms with Crippen LogP contribution in [0.25, 0.3) is 0 Å². The molecule has 0 unspecified atom stereocenters. The van der Waals surface area contributed by atoms with Crippen LogP contribution in [0.15, 0.2) is 36.5 Å². The standard InChI is InChI=1S/C22H31N7O6S/c1-22(2,3)27(21(31)32)13-18-19-16(11-28(23-19)36(33,34)24-25(4)5)17-12-26(18)20(30)29(17)35-14-15-9-7-6-8-10-15/h6-11,17-18,24H,12-14H2,1-5H3,(H,31,32)/t17-,18-/m1/s1. The first-order valence-corrected chi connectivity index (χ1v) is 12.8. The number of hydroxylamine groups is 2. The molecule has 196 valence electrons. The molecular formula is C22H31N7O6S. The molecule has 2 atom stereocenters. The van der Waals surface area contributed by atoms with Gasteiger partial charge in [-0.1, -0.05) is 30.3 Å². The first-order valence-electron chi connectivity index (χ1n) is 11.4. The molecule has 2 bridgehead atoms. The van der Waals surface area contributed by atoms with Crippen LogP contribution in [-0.2, 0) is 21.7 Å². The molecule has 1 fully saturated rings. The number of nitrogens with one attached hydrogen (secondary N) is 1. The van der Waals surface area contributed by atoms with Crippen LogP contribution in [0.2, 0.25) is 0 Å². The van der Waals surface area contributed by atoms with Gasteiger partial charge in [-0.25, -0.2) is 14.6 Å². The Kier molecular flexibility index (Phi) is 6.72. The maximum Gasteiger partial charge on any atom is 0.407 e. The Bertz CT molecular complexity index is 1240. The molecule has 1 aromatic heterocycles. The van der Waals surface area contributed by atoms with Crippen LogP contribution in [-0.4, -0.2) is 87.4 Å². The maximum absolute atomic E-state index is 13.4. The van der Waals surface area contributed by atoms with Crippen LogP contribution in [0.3, 0.4) is 0 Å². The van der Waals surface area contributed by atoms with E-state index in [0.29, 0.717) is 11.3 Å². The van der Waals surface area contributed by atoms with Crippen molar-refractivity contribution in [2.75, 3.05) is 27.2 Å². The van der Waals surface area contributed by atoms with Crippen molar-refractivity contribution >= 4 is 22.3 Å². The number of hydrogen-bond donors (Lipinski definition) is 2. The average Bonchev–Trinajstić information content (AvgIpc) is 3.33. The van der Waals surface area contributed by atoms with Gasteiger partial charge in [0.15, 0.2) is 0 Å². The van der Waals surface area contributed by atoms with Crippen molar-refractivity contribution in [3.8, 4) is 0 Å². The number of urea groups is 1. The molecular weight excluding hydrogens is 490 g/mol. The molecule has 2 aliphatic heterocycles. The molecule has 0 radical (unpaired) electrons. The summed E-state index contributed by atoms with van der Waals surface area (Å²) in [6.07, 6.45) is 0.201. The predicted molar refractivity (Wildman–Crippen MR) is 129 cm³/mol. The minimum atomic E-state index is -4.06. The molecule has 0 saturated carbocycles. The predicted octanol–water partition coefficient (Wildman–Crippen LogP) is 1.79. The first-order chi connectivity index (χ1) is 16.8. The minimum Gasteiger partial charge on any atom is -0.465 e. The Morgan fingerprint density at radius 3 is 2.50 bits per heavy atom. The highest BCUT2D eigenvalue weighted by Gasteiger charge is 2.52. The van der Waals surface area contributed by atoms with Crippen LogP contribution in [0, 0.1) is 0 Å². The molecule has 14 heteroatoms. The SMILES string of the molecule is CN(C)NS(=O)(=O)n1cc2c(n1)[C@@H](CN(C(=O)O)C(C)(C)C)N1C[C@H]2N(OCc2ccccc2)C1=O. The van der Waals surface area contributed by atoms with Gasteiger partial charge in [0.2, 0.25) is 0 Å². The quantitative estimate of drug-likeness (QED) is 0.501. The largest absolute Gasteiger partial charge is 0.465 e. The van der Waals surface area contributed by atoms with Gasteiger partial charge in [-0.2, -0.15) is 22.7 Å². The molecule has 4 rings (SSSR count). The highest BCUT2D eigenvalue weighted by atomic mass is 32.2. The molecule has 2 aliphatic rings. The molecule has 2 aromatic rings. The van der Waals surface area contributed by atoms with E-state index in [1.807, 2.05) is 30.3 Å². The Morgan fingerprint density at radius 1 is 1.25 bits per heavy atom. The highest BCUT2D eigenvalue weighted by Crippen LogP contribution is 2.44. The van der Waals surface area contributed by atoms with Crippen LogP contribution in [0.5, 0.6) is 0 Å². The van der Waals surface area contributed by atoms with E-state index in [1.54, 1.807) is 20.8 Å². The summed E-state index contributed by atoms with van der Waals surface area (Å²) >= 11 is 0. The van der Waals surface area contributed by atoms with Crippen molar-refractivity contribution in [1.82, 2.24) is 33.9 Å². The third kappa shape index (κ3) is 4.89. The third-order valence-corrected chi connectivity index (χ3v) is 7.32. The summed E-state index contributed by atoms with van der Waals surface area (Å²) in [4.78, 5) is 36.4. The molecule has 36 heavy (non-hydrogen) atoms. The van der Waals surface area contributed by atoms with E-state index in [-0.39, 0.29) is 19.7 Å². The smallest absolute Gasteiger partial charge is 0.407 e. The normalized spacial score (nSPS) is 19.7. The van der Waals surface area contributed by atoms with Crippen molar-refractivity contribution in [3.63, 3.8) is 0 Å². The van der Waals surface area contributed by atoms with Gasteiger partial charge in [0.25, 0.3) is 0 Å². The fraction of sp³-hybridized carbons (Fsp3) is 0.500. The Labute approximate surface area is 209 Å². The number of carbonyl (C=O) groups excluding carboxylic acids is 1. The van der Waals surface area contributed by atoms with E-state index < -0.39 is 40.0 Å². The number of fused-ring (bicyclic) bond motifs is 4. The summed E-state index contributed by atoms with van der Waals surface area (Å²) in [5.41, 5.74) is 0.885. The lowest BCUT2D eigenvalue weighted by Gasteiger charge is -2.38. The maximum atomic E-state index is 13.4. The minimum absolute atomic E-state index is 0.0883. The van der Waals surface area contributed by atoms with E-state index in [9.17, 15) is 23.1 Å². The number of carbonyl (C=O) groups is 2. The van der Waals surface area contributed by atoms with E-state index in [1.165, 1.54) is 40.2 Å². The van der Waals surface area contributed by atoms with Gasteiger partial charge < -0.3 is 14.9 Å². The lowest BCUT2D eigenvalue weighted by Crippen LogP contribution is -2.50. The molecule has 0 aliphatic carbocycles. The molecule has 2 N–H and O–H groups in total. The fourth-order valence-corrected chi connectivity index (χ4v) is 5.37. The molecule has 3 heterocycles. The summed E-state index contributed by atoms with van der Waals surface area (Å²) in [6.45, 7) is 5.50.